The van der Waals surface area contributed by atoms with Gasteiger partial charge in [0.2, 0.25) is 0 Å². The van der Waals surface area contributed by atoms with Gasteiger partial charge in [0.15, 0.2) is 0 Å². The second kappa shape index (κ2) is 4.00. The van der Waals surface area contributed by atoms with E-state index in [0.717, 1.165) is 0 Å². The molecule has 2 unspecified atom stereocenters. The van der Waals surface area contributed by atoms with Crippen molar-refractivity contribution in [1.82, 2.24) is 5.32 Å². The van der Waals surface area contributed by atoms with E-state index < -0.39 is 0 Å². The summed E-state index contributed by atoms with van der Waals surface area (Å²) in [4.78, 5) is 0. The van der Waals surface area contributed by atoms with Crippen LogP contribution >= 0.6 is 0 Å². The highest BCUT2D eigenvalue weighted by molar-refractivity contribution is 4.94. The molecule has 0 amide bonds. The van der Waals surface area contributed by atoms with Crippen LogP contribution < -0.4 is 5.32 Å². The predicted octanol–water partition coefficient (Wildman–Crippen LogP) is 3.49. The van der Waals surface area contributed by atoms with Crippen molar-refractivity contribution in [3.05, 3.63) is 0 Å². The Bertz CT molecular complexity index is 149. The van der Waals surface area contributed by atoms with E-state index in [0.29, 0.717) is 11.1 Å². The van der Waals surface area contributed by atoms with Crippen LogP contribution in [-0.4, -0.2) is 11.1 Å². The van der Waals surface area contributed by atoms with Crippen LogP contribution in [-0.2, 0) is 0 Å². The SMILES string of the molecule is CCC1(C)CCCCC(C)(CC)N1. The first-order valence-corrected chi connectivity index (χ1v) is 5.83. The average Bonchev–Trinajstić information content (AvgIpc) is 2.27. The summed E-state index contributed by atoms with van der Waals surface area (Å²) in [6.07, 6.45) is 7.99. The van der Waals surface area contributed by atoms with Gasteiger partial charge < -0.3 is 5.32 Å². The fourth-order valence-electron chi connectivity index (χ4n) is 2.41. The van der Waals surface area contributed by atoms with Crippen LogP contribution in [0.15, 0.2) is 0 Å². The second-order valence-corrected chi connectivity index (χ2v) is 5.16. The van der Waals surface area contributed by atoms with Crippen molar-refractivity contribution in [1.29, 1.82) is 0 Å². The Kier molecular flexibility index (Phi) is 3.39. The zero-order valence-electron chi connectivity index (χ0n) is 9.74. The van der Waals surface area contributed by atoms with Crippen molar-refractivity contribution < 1.29 is 0 Å². The van der Waals surface area contributed by atoms with Gasteiger partial charge in [-0.3, -0.25) is 0 Å². The molecule has 0 spiro atoms. The van der Waals surface area contributed by atoms with E-state index in [2.05, 4.69) is 33.0 Å². The summed E-state index contributed by atoms with van der Waals surface area (Å²) in [5.74, 6) is 0. The molecule has 1 nitrogen and oxygen atoms in total. The smallest absolute Gasteiger partial charge is 0.0155 e. The first-order valence-electron chi connectivity index (χ1n) is 5.83. The molecule has 1 N–H and O–H groups in total. The standard InChI is InChI=1S/C12H25N/c1-5-11(3)9-7-8-10-12(4,6-2)13-11/h13H,5-10H2,1-4H3. The third-order valence-electron chi connectivity index (χ3n) is 3.87. The number of hydrogen-bond donors (Lipinski definition) is 1. The van der Waals surface area contributed by atoms with Crippen molar-refractivity contribution in [2.45, 2.75) is 77.3 Å². The van der Waals surface area contributed by atoms with Crippen molar-refractivity contribution in [2.24, 2.45) is 0 Å². The van der Waals surface area contributed by atoms with Crippen LogP contribution in [0.1, 0.15) is 66.2 Å². The zero-order valence-corrected chi connectivity index (χ0v) is 9.74. The molecule has 0 aromatic rings. The molecule has 13 heavy (non-hydrogen) atoms. The van der Waals surface area contributed by atoms with E-state index in [1.807, 2.05) is 0 Å². The molecule has 1 heteroatoms. The van der Waals surface area contributed by atoms with Gasteiger partial charge in [0.25, 0.3) is 0 Å². The minimum atomic E-state index is 0.390. The minimum absolute atomic E-state index is 0.390. The highest BCUT2D eigenvalue weighted by Crippen LogP contribution is 2.30. The second-order valence-electron chi connectivity index (χ2n) is 5.16. The normalized spacial score (nSPS) is 41.5. The van der Waals surface area contributed by atoms with Gasteiger partial charge in [0.05, 0.1) is 0 Å². The van der Waals surface area contributed by atoms with Crippen LogP contribution in [0.25, 0.3) is 0 Å². The molecule has 1 saturated heterocycles. The van der Waals surface area contributed by atoms with Crippen molar-refractivity contribution >= 4 is 0 Å². The Balaban J connectivity index is 2.70. The van der Waals surface area contributed by atoms with Gasteiger partial charge >= 0.3 is 0 Å². The highest BCUT2D eigenvalue weighted by atomic mass is 15.0. The van der Waals surface area contributed by atoms with Gasteiger partial charge in [-0.25, -0.2) is 0 Å². The first-order chi connectivity index (χ1) is 6.04. The summed E-state index contributed by atoms with van der Waals surface area (Å²) in [5, 5.41) is 3.87. The van der Waals surface area contributed by atoms with Crippen molar-refractivity contribution in [3.8, 4) is 0 Å². The lowest BCUT2D eigenvalue weighted by Crippen LogP contribution is -2.53. The molecule has 1 heterocycles. The van der Waals surface area contributed by atoms with E-state index in [9.17, 15) is 0 Å². The molecule has 0 aliphatic carbocycles. The molecule has 0 aromatic carbocycles. The number of hydrogen-bond acceptors (Lipinski definition) is 1. The van der Waals surface area contributed by atoms with E-state index in [1.165, 1.54) is 38.5 Å². The minimum Gasteiger partial charge on any atom is -0.306 e. The predicted molar refractivity (Wildman–Crippen MR) is 59.0 cm³/mol. The Labute approximate surface area is 83.3 Å². The fourth-order valence-corrected chi connectivity index (χ4v) is 2.41. The fraction of sp³-hybridized carbons (Fsp3) is 1.00. The van der Waals surface area contributed by atoms with Crippen molar-refractivity contribution in [2.75, 3.05) is 0 Å². The summed E-state index contributed by atoms with van der Waals surface area (Å²) >= 11 is 0. The topological polar surface area (TPSA) is 12.0 Å². The maximum atomic E-state index is 3.87. The highest BCUT2D eigenvalue weighted by Gasteiger charge is 2.33. The van der Waals surface area contributed by atoms with E-state index >= 15 is 0 Å². The Morgan fingerprint density at radius 1 is 0.923 bits per heavy atom. The van der Waals surface area contributed by atoms with Crippen LogP contribution in [0.3, 0.4) is 0 Å². The molecule has 0 radical (unpaired) electrons. The zero-order chi connectivity index (χ0) is 9.95. The summed E-state index contributed by atoms with van der Waals surface area (Å²) in [7, 11) is 0. The molecule has 1 rings (SSSR count). The first kappa shape index (κ1) is 11.0. The number of nitrogens with one attached hydrogen (secondary N) is 1. The monoisotopic (exact) mass is 183 g/mol. The molecule has 78 valence electrons. The summed E-state index contributed by atoms with van der Waals surface area (Å²) in [5.41, 5.74) is 0.780. The molecular weight excluding hydrogens is 158 g/mol. The summed E-state index contributed by atoms with van der Waals surface area (Å²) in [6, 6.07) is 0. The van der Waals surface area contributed by atoms with E-state index in [1.54, 1.807) is 0 Å². The molecule has 0 bridgehead atoms. The van der Waals surface area contributed by atoms with Gasteiger partial charge in [0.1, 0.15) is 0 Å². The largest absolute Gasteiger partial charge is 0.306 e. The Hall–Kier alpha value is -0.0400. The molecule has 0 saturated carbocycles. The molecule has 2 atom stereocenters. The van der Waals surface area contributed by atoms with Crippen LogP contribution in [0.4, 0.5) is 0 Å². The van der Waals surface area contributed by atoms with E-state index in [4.69, 9.17) is 0 Å². The lowest BCUT2D eigenvalue weighted by molar-refractivity contribution is 0.222. The van der Waals surface area contributed by atoms with Gasteiger partial charge in [-0.2, -0.15) is 0 Å². The third kappa shape index (κ3) is 2.70. The molecule has 1 aliphatic rings. The third-order valence-corrected chi connectivity index (χ3v) is 3.87. The van der Waals surface area contributed by atoms with Crippen LogP contribution in [0.5, 0.6) is 0 Å². The van der Waals surface area contributed by atoms with Gasteiger partial charge in [0, 0.05) is 11.1 Å². The van der Waals surface area contributed by atoms with Crippen LogP contribution in [0, 0.1) is 0 Å². The van der Waals surface area contributed by atoms with E-state index in [-0.39, 0.29) is 0 Å². The molecule has 0 aromatic heterocycles. The number of rotatable bonds is 2. The maximum Gasteiger partial charge on any atom is 0.0155 e. The lowest BCUT2D eigenvalue weighted by Gasteiger charge is -2.38. The lowest BCUT2D eigenvalue weighted by atomic mass is 9.89. The average molecular weight is 183 g/mol. The quantitative estimate of drug-likeness (QED) is 0.691. The molecule has 1 aliphatic heterocycles. The van der Waals surface area contributed by atoms with Crippen LogP contribution in [0.2, 0.25) is 0 Å². The molecule has 1 fully saturated rings. The Morgan fingerprint density at radius 2 is 1.31 bits per heavy atom. The van der Waals surface area contributed by atoms with Crippen molar-refractivity contribution in [3.63, 3.8) is 0 Å². The van der Waals surface area contributed by atoms with Gasteiger partial charge in [-0.15, -0.1) is 0 Å². The van der Waals surface area contributed by atoms with Gasteiger partial charge in [-0.05, 0) is 39.5 Å². The van der Waals surface area contributed by atoms with Gasteiger partial charge in [-0.1, -0.05) is 26.7 Å². The summed E-state index contributed by atoms with van der Waals surface area (Å²) < 4.78 is 0. The molecular formula is C12H25N. The maximum absolute atomic E-state index is 3.87. The summed E-state index contributed by atoms with van der Waals surface area (Å²) in [6.45, 7) is 9.36. The Morgan fingerprint density at radius 3 is 1.62 bits per heavy atom.